The summed E-state index contributed by atoms with van der Waals surface area (Å²) in [4.78, 5) is 13.7. The minimum Gasteiger partial charge on any atom is -0.377 e. The molecule has 1 aliphatic heterocycles. The number of thiophene rings is 1. The van der Waals surface area contributed by atoms with Gasteiger partial charge < -0.3 is 10.1 Å². The Balaban J connectivity index is 1.34. The van der Waals surface area contributed by atoms with Gasteiger partial charge in [0.05, 0.1) is 11.0 Å². The van der Waals surface area contributed by atoms with Crippen molar-refractivity contribution in [1.29, 1.82) is 0 Å². The van der Waals surface area contributed by atoms with Gasteiger partial charge in [0.15, 0.2) is 10.6 Å². The molecule has 8 heteroatoms. The molecule has 0 radical (unpaired) electrons. The van der Waals surface area contributed by atoms with Crippen LogP contribution in [0.2, 0.25) is 0 Å². The number of aromatic amines is 1. The number of aromatic nitrogens is 3. The average Bonchev–Trinajstić information content (AvgIpc) is 3.26. The molecule has 25 heavy (non-hydrogen) atoms. The summed E-state index contributed by atoms with van der Waals surface area (Å²) < 4.78 is 8.19. The number of amides is 1. The van der Waals surface area contributed by atoms with Gasteiger partial charge in [-0.3, -0.25) is 14.5 Å². The summed E-state index contributed by atoms with van der Waals surface area (Å²) in [5, 5.41) is 12.4. The largest absolute Gasteiger partial charge is 0.377 e. The van der Waals surface area contributed by atoms with Crippen molar-refractivity contribution in [2.75, 3.05) is 6.61 Å². The molecule has 132 valence electrons. The molecule has 1 saturated heterocycles. The van der Waals surface area contributed by atoms with E-state index in [1.54, 1.807) is 15.9 Å². The number of hydrogen-bond donors (Lipinski definition) is 2. The molecule has 1 spiro atoms. The Kier molecular flexibility index (Phi) is 3.62. The molecule has 0 bridgehead atoms. The normalized spacial score (nSPS) is 29.0. The van der Waals surface area contributed by atoms with Crippen molar-refractivity contribution >= 4 is 29.5 Å². The summed E-state index contributed by atoms with van der Waals surface area (Å²) >= 11 is 6.91. The van der Waals surface area contributed by atoms with Gasteiger partial charge in [0.1, 0.15) is 6.54 Å². The third-order valence-electron chi connectivity index (χ3n) is 6.15. The van der Waals surface area contributed by atoms with Crippen LogP contribution in [0.5, 0.6) is 0 Å². The first-order valence-corrected chi connectivity index (χ1v) is 10.1. The van der Waals surface area contributed by atoms with Gasteiger partial charge in [0.25, 0.3) is 0 Å². The van der Waals surface area contributed by atoms with E-state index in [1.165, 1.54) is 19.3 Å². The maximum atomic E-state index is 12.7. The molecule has 2 N–H and O–H groups in total. The van der Waals surface area contributed by atoms with Crippen LogP contribution in [-0.2, 0) is 16.1 Å². The second kappa shape index (κ2) is 5.75. The van der Waals surface area contributed by atoms with Crippen LogP contribution in [0.25, 0.3) is 10.7 Å². The number of carbonyl (C=O) groups is 1. The molecule has 2 aromatic heterocycles. The molecule has 2 aliphatic carbocycles. The number of nitrogens with zero attached hydrogens (tertiary/aromatic N) is 2. The summed E-state index contributed by atoms with van der Waals surface area (Å²) in [5.41, 5.74) is 0.200. The number of rotatable bonds is 4. The van der Waals surface area contributed by atoms with Crippen LogP contribution in [0.3, 0.4) is 0 Å². The van der Waals surface area contributed by atoms with E-state index in [4.69, 9.17) is 17.0 Å². The number of hydrogen-bond acceptors (Lipinski definition) is 5. The predicted molar refractivity (Wildman–Crippen MR) is 96.8 cm³/mol. The first-order valence-electron chi connectivity index (χ1n) is 8.79. The first kappa shape index (κ1) is 15.7. The van der Waals surface area contributed by atoms with Crippen LogP contribution in [0.1, 0.15) is 25.7 Å². The van der Waals surface area contributed by atoms with Crippen molar-refractivity contribution < 1.29 is 9.53 Å². The minimum absolute atomic E-state index is 0.0110. The maximum Gasteiger partial charge on any atom is 0.240 e. The summed E-state index contributed by atoms with van der Waals surface area (Å²) in [6.07, 6.45) is 5.01. The third kappa shape index (κ3) is 2.27. The lowest BCUT2D eigenvalue weighted by Gasteiger charge is -2.63. The van der Waals surface area contributed by atoms with E-state index in [2.05, 4.69) is 15.5 Å². The molecule has 1 amide bonds. The molecule has 3 heterocycles. The van der Waals surface area contributed by atoms with Crippen LogP contribution >= 0.6 is 23.6 Å². The Morgan fingerprint density at radius 1 is 1.56 bits per heavy atom. The van der Waals surface area contributed by atoms with Crippen LogP contribution < -0.4 is 5.32 Å². The van der Waals surface area contributed by atoms with Gasteiger partial charge in [-0.25, -0.2) is 0 Å². The Bertz CT molecular complexity index is 852. The lowest BCUT2D eigenvalue weighted by molar-refractivity contribution is -0.179. The zero-order valence-electron chi connectivity index (χ0n) is 13.7. The highest BCUT2D eigenvalue weighted by atomic mass is 32.1. The fraction of sp³-hybridized carbons (Fsp3) is 0.588. The van der Waals surface area contributed by atoms with Crippen LogP contribution in [0, 0.1) is 16.1 Å². The molecule has 3 aliphatic rings. The van der Waals surface area contributed by atoms with Gasteiger partial charge in [-0.1, -0.05) is 12.5 Å². The molecular formula is C17H20N4O2S2. The van der Waals surface area contributed by atoms with Gasteiger partial charge in [-0.15, -0.1) is 11.3 Å². The second-order valence-corrected chi connectivity index (χ2v) is 8.63. The molecule has 2 aromatic rings. The standard InChI is InChI=1S/C17H20N4O2S2/c22-12(9-21-15(19-20-16(21)24)11-3-1-8-25-11)18-13-10-4-7-23-14(10)17(13)5-2-6-17/h1,3,8,10,13-14H,2,4-7,9H2,(H,18,22)(H,20,24). The van der Waals surface area contributed by atoms with Crippen molar-refractivity contribution in [1.82, 2.24) is 20.1 Å². The van der Waals surface area contributed by atoms with E-state index >= 15 is 0 Å². The summed E-state index contributed by atoms with van der Waals surface area (Å²) in [6.45, 7) is 1.03. The van der Waals surface area contributed by atoms with Crippen LogP contribution in [0.15, 0.2) is 17.5 Å². The highest BCUT2D eigenvalue weighted by Crippen LogP contribution is 2.62. The SMILES string of the molecule is O=C(Cn1c(-c2cccs2)n[nH]c1=S)NC1C2CCOC2C12CCC2. The topological polar surface area (TPSA) is 71.9 Å². The van der Waals surface area contributed by atoms with E-state index in [0.29, 0.717) is 16.8 Å². The lowest BCUT2D eigenvalue weighted by atomic mass is 9.46. The molecule has 2 saturated carbocycles. The smallest absolute Gasteiger partial charge is 0.240 e. The molecule has 5 rings (SSSR count). The lowest BCUT2D eigenvalue weighted by Crippen LogP contribution is -2.71. The van der Waals surface area contributed by atoms with E-state index in [1.807, 2.05) is 17.5 Å². The molecule has 0 aromatic carbocycles. The van der Waals surface area contributed by atoms with Crippen molar-refractivity contribution in [2.24, 2.45) is 11.3 Å². The minimum atomic E-state index is 0.0110. The number of nitrogens with one attached hydrogen (secondary N) is 2. The predicted octanol–water partition coefficient (Wildman–Crippen LogP) is 2.74. The maximum absolute atomic E-state index is 12.7. The monoisotopic (exact) mass is 376 g/mol. The highest BCUT2D eigenvalue weighted by Gasteiger charge is 2.66. The summed E-state index contributed by atoms with van der Waals surface area (Å²) in [6, 6.07) is 4.21. The number of fused-ring (bicyclic) bond motifs is 2. The Morgan fingerprint density at radius 2 is 2.44 bits per heavy atom. The van der Waals surface area contributed by atoms with E-state index < -0.39 is 0 Å². The van der Waals surface area contributed by atoms with Crippen LogP contribution in [-0.4, -0.2) is 39.4 Å². The van der Waals surface area contributed by atoms with Crippen molar-refractivity contribution in [3.63, 3.8) is 0 Å². The van der Waals surface area contributed by atoms with Crippen molar-refractivity contribution in [3.8, 4) is 10.7 Å². The Hall–Kier alpha value is -1.51. The van der Waals surface area contributed by atoms with E-state index in [0.717, 1.165) is 23.7 Å². The van der Waals surface area contributed by atoms with E-state index in [9.17, 15) is 4.79 Å². The zero-order chi connectivity index (χ0) is 17.0. The van der Waals surface area contributed by atoms with Crippen LogP contribution in [0.4, 0.5) is 0 Å². The Morgan fingerprint density at radius 3 is 3.16 bits per heavy atom. The van der Waals surface area contributed by atoms with Gasteiger partial charge >= 0.3 is 0 Å². The van der Waals surface area contributed by atoms with Gasteiger partial charge in [0, 0.05) is 24.0 Å². The zero-order valence-corrected chi connectivity index (χ0v) is 15.4. The fourth-order valence-corrected chi connectivity index (χ4v) is 5.80. The van der Waals surface area contributed by atoms with Gasteiger partial charge in [-0.2, -0.15) is 5.10 Å². The quantitative estimate of drug-likeness (QED) is 0.805. The highest BCUT2D eigenvalue weighted by molar-refractivity contribution is 7.71. The summed E-state index contributed by atoms with van der Waals surface area (Å²) in [5.74, 6) is 1.22. The molecule has 6 nitrogen and oxygen atoms in total. The van der Waals surface area contributed by atoms with Crippen molar-refractivity contribution in [3.05, 3.63) is 22.3 Å². The first-order chi connectivity index (χ1) is 12.2. The average molecular weight is 377 g/mol. The molecule has 3 unspecified atom stereocenters. The molecular weight excluding hydrogens is 356 g/mol. The number of H-pyrrole nitrogens is 1. The number of ether oxygens (including phenoxy) is 1. The second-order valence-electron chi connectivity index (χ2n) is 7.29. The van der Waals surface area contributed by atoms with Crippen molar-refractivity contribution in [2.45, 2.75) is 44.4 Å². The number of carbonyl (C=O) groups excluding carboxylic acids is 1. The third-order valence-corrected chi connectivity index (χ3v) is 7.33. The van der Waals surface area contributed by atoms with Gasteiger partial charge in [-0.05, 0) is 42.9 Å². The van der Waals surface area contributed by atoms with Gasteiger partial charge in [0.2, 0.25) is 5.91 Å². The Labute approximate surface area is 154 Å². The fourth-order valence-electron chi connectivity index (χ4n) is 4.88. The summed E-state index contributed by atoms with van der Waals surface area (Å²) in [7, 11) is 0. The molecule has 3 atom stereocenters. The van der Waals surface area contributed by atoms with E-state index in [-0.39, 0.29) is 23.9 Å². The molecule has 3 fully saturated rings.